The first kappa shape index (κ1) is 15.5. The summed E-state index contributed by atoms with van der Waals surface area (Å²) in [5.74, 6) is 1.31. The van der Waals surface area contributed by atoms with Gasteiger partial charge in [0.2, 0.25) is 5.88 Å². The number of methoxy groups -OCH3 is 1. The van der Waals surface area contributed by atoms with Crippen LogP contribution in [0, 0.1) is 5.92 Å². The molecule has 1 aromatic carbocycles. The molecule has 1 unspecified atom stereocenters. The summed E-state index contributed by atoms with van der Waals surface area (Å²) >= 11 is 0. The Kier molecular flexibility index (Phi) is 5.76. The Balaban J connectivity index is 2.05. The van der Waals surface area contributed by atoms with Gasteiger partial charge in [-0.2, -0.15) is 0 Å². The maximum atomic E-state index is 5.17. The Morgan fingerprint density at radius 3 is 2.57 bits per heavy atom. The molecule has 0 saturated carbocycles. The van der Waals surface area contributed by atoms with Gasteiger partial charge >= 0.3 is 0 Å². The number of nitrogens with zero attached hydrogens (tertiary/aromatic N) is 1. The van der Waals surface area contributed by atoms with E-state index in [1.165, 1.54) is 11.1 Å². The molecule has 3 nitrogen and oxygen atoms in total. The van der Waals surface area contributed by atoms with Crippen LogP contribution in [0.4, 0.5) is 0 Å². The van der Waals surface area contributed by atoms with E-state index in [0.717, 1.165) is 13.0 Å². The molecule has 0 radical (unpaired) electrons. The van der Waals surface area contributed by atoms with Gasteiger partial charge in [0.15, 0.2) is 0 Å². The summed E-state index contributed by atoms with van der Waals surface area (Å²) in [5, 5.41) is 3.65. The third kappa shape index (κ3) is 4.87. The third-order valence-corrected chi connectivity index (χ3v) is 3.47. The first-order valence-electron chi connectivity index (χ1n) is 7.46. The highest BCUT2D eigenvalue weighted by Gasteiger charge is 2.12. The van der Waals surface area contributed by atoms with Crippen molar-refractivity contribution in [2.24, 2.45) is 5.92 Å². The van der Waals surface area contributed by atoms with E-state index >= 15 is 0 Å². The van der Waals surface area contributed by atoms with Crippen LogP contribution in [0.15, 0.2) is 48.7 Å². The van der Waals surface area contributed by atoms with Gasteiger partial charge in [-0.25, -0.2) is 4.98 Å². The maximum Gasteiger partial charge on any atom is 0.213 e. The lowest BCUT2D eigenvalue weighted by molar-refractivity contribution is 0.395. The van der Waals surface area contributed by atoms with Gasteiger partial charge in [0, 0.05) is 24.8 Å². The smallest absolute Gasteiger partial charge is 0.213 e. The number of ether oxygens (including phenoxy) is 1. The second-order valence-electron chi connectivity index (χ2n) is 5.68. The quantitative estimate of drug-likeness (QED) is 0.835. The molecule has 21 heavy (non-hydrogen) atoms. The van der Waals surface area contributed by atoms with Crippen molar-refractivity contribution >= 4 is 0 Å². The fourth-order valence-electron chi connectivity index (χ4n) is 2.41. The van der Waals surface area contributed by atoms with Crippen LogP contribution in [0.1, 0.15) is 37.4 Å². The van der Waals surface area contributed by atoms with Crippen LogP contribution < -0.4 is 10.1 Å². The predicted octanol–water partition coefficient (Wildman–Crippen LogP) is 3.97. The molecular formula is C18H24N2O. The summed E-state index contributed by atoms with van der Waals surface area (Å²) in [6.07, 6.45) is 2.90. The van der Waals surface area contributed by atoms with Gasteiger partial charge < -0.3 is 10.1 Å². The lowest BCUT2D eigenvalue weighted by atomic mass is 9.97. The summed E-state index contributed by atoms with van der Waals surface area (Å²) in [6, 6.07) is 15.0. The minimum absolute atomic E-state index is 0.366. The zero-order chi connectivity index (χ0) is 15.1. The Morgan fingerprint density at radius 1 is 1.14 bits per heavy atom. The monoisotopic (exact) mass is 284 g/mol. The van der Waals surface area contributed by atoms with Crippen molar-refractivity contribution in [1.82, 2.24) is 10.3 Å². The maximum absolute atomic E-state index is 5.17. The number of hydrogen-bond donors (Lipinski definition) is 1. The molecule has 1 N–H and O–H groups in total. The van der Waals surface area contributed by atoms with Crippen LogP contribution in [0.2, 0.25) is 0 Å². The minimum atomic E-state index is 0.366. The van der Waals surface area contributed by atoms with Gasteiger partial charge in [0.1, 0.15) is 0 Å². The SMILES string of the molecule is COc1cc(CNC(CC(C)C)c2ccccc2)ccn1. The van der Waals surface area contributed by atoms with Crippen LogP contribution in [0.5, 0.6) is 5.88 Å². The Bertz CT molecular complexity index is 540. The number of rotatable bonds is 7. The molecule has 1 aromatic heterocycles. The normalized spacial score (nSPS) is 12.4. The molecule has 0 aliphatic heterocycles. The van der Waals surface area contributed by atoms with E-state index in [-0.39, 0.29) is 0 Å². The van der Waals surface area contributed by atoms with E-state index in [4.69, 9.17) is 4.74 Å². The van der Waals surface area contributed by atoms with Gasteiger partial charge in [-0.1, -0.05) is 44.2 Å². The molecule has 1 atom stereocenters. The molecule has 3 heteroatoms. The highest BCUT2D eigenvalue weighted by molar-refractivity contribution is 5.22. The number of hydrogen-bond acceptors (Lipinski definition) is 3. The molecule has 0 fully saturated rings. The summed E-state index contributed by atoms with van der Waals surface area (Å²) in [7, 11) is 1.64. The van der Waals surface area contributed by atoms with E-state index in [9.17, 15) is 0 Å². The van der Waals surface area contributed by atoms with Crippen LogP contribution in [-0.2, 0) is 6.54 Å². The highest BCUT2D eigenvalue weighted by atomic mass is 16.5. The molecule has 112 valence electrons. The molecule has 0 aliphatic rings. The van der Waals surface area contributed by atoms with Crippen molar-refractivity contribution in [2.75, 3.05) is 7.11 Å². The number of aromatic nitrogens is 1. The van der Waals surface area contributed by atoms with Crippen LogP contribution in [-0.4, -0.2) is 12.1 Å². The van der Waals surface area contributed by atoms with E-state index < -0.39 is 0 Å². The molecule has 0 amide bonds. The second-order valence-corrected chi connectivity index (χ2v) is 5.68. The lowest BCUT2D eigenvalue weighted by Gasteiger charge is -2.21. The fourth-order valence-corrected chi connectivity index (χ4v) is 2.41. The van der Waals surface area contributed by atoms with E-state index in [1.54, 1.807) is 13.3 Å². The molecule has 0 bridgehead atoms. The summed E-state index contributed by atoms with van der Waals surface area (Å²) in [6.45, 7) is 5.32. The van der Waals surface area contributed by atoms with Crippen molar-refractivity contribution in [2.45, 2.75) is 32.9 Å². The lowest BCUT2D eigenvalue weighted by Crippen LogP contribution is -2.22. The Labute approximate surface area is 127 Å². The summed E-state index contributed by atoms with van der Waals surface area (Å²) in [4.78, 5) is 4.14. The van der Waals surface area contributed by atoms with Crippen molar-refractivity contribution in [3.63, 3.8) is 0 Å². The summed E-state index contributed by atoms with van der Waals surface area (Å²) in [5.41, 5.74) is 2.53. The van der Waals surface area contributed by atoms with Crippen molar-refractivity contribution < 1.29 is 4.74 Å². The number of nitrogens with one attached hydrogen (secondary N) is 1. The summed E-state index contributed by atoms with van der Waals surface area (Å²) < 4.78 is 5.17. The standard InChI is InChI=1S/C18H24N2O/c1-14(2)11-17(16-7-5-4-6-8-16)20-13-15-9-10-19-18(12-15)21-3/h4-10,12,14,17,20H,11,13H2,1-3H3. The topological polar surface area (TPSA) is 34.1 Å². The first-order chi connectivity index (χ1) is 10.2. The third-order valence-electron chi connectivity index (χ3n) is 3.47. The van der Waals surface area contributed by atoms with Gasteiger partial charge in [0.25, 0.3) is 0 Å². The van der Waals surface area contributed by atoms with Gasteiger partial charge in [-0.05, 0) is 29.5 Å². The molecule has 2 aromatic rings. The first-order valence-corrected chi connectivity index (χ1v) is 7.46. The van der Waals surface area contributed by atoms with E-state index in [0.29, 0.717) is 17.8 Å². The van der Waals surface area contributed by atoms with Gasteiger partial charge in [0.05, 0.1) is 7.11 Å². The van der Waals surface area contributed by atoms with Crippen LogP contribution in [0.25, 0.3) is 0 Å². The average molecular weight is 284 g/mol. The molecule has 0 aliphatic carbocycles. The minimum Gasteiger partial charge on any atom is -0.481 e. The van der Waals surface area contributed by atoms with E-state index in [2.05, 4.69) is 54.5 Å². The molecule has 1 heterocycles. The highest BCUT2D eigenvalue weighted by Crippen LogP contribution is 2.21. The van der Waals surface area contributed by atoms with Gasteiger partial charge in [-0.15, -0.1) is 0 Å². The fraction of sp³-hybridized carbons (Fsp3) is 0.389. The van der Waals surface area contributed by atoms with Crippen molar-refractivity contribution in [1.29, 1.82) is 0 Å². The zero-order valence-electron chi connectivity index (χ0n) is 13.0. The predicted molar refractivity (Wildman–Crippen MR) is 86.3 cm³/mol. The molecule has 0 spiro atoms. The van der Waals surface area contributed by atoms with Crippen LogP contribution in [0.3, 0.4) is 0 Å². The molecule has 2 rings (SSSR count). The second kappa shape index (κ2) is 7.79. The van der Waals surface area contributed by atoms with E-state index in [1.807, 2.05) is 12.1 Å². The number of pyridine rings is 1. The Morgan fingerprint density at radius 2 is 1.90 bits per heavy atom. The van der Waals surface area contributed by atoms with Gasteiger partial charge in [-0.3, -0.25) is 0 Å². The number of benzene rings is 1. The average Bonchev–Trinajstić information content (AvgIpc) is 2.52. The van der Waals surface area contributed by atoms with Crippen molar-refractivity contribution in [3.05, 3.63) is 59.8 Å². The zero-order valence-corrected chi connectivity index (χ0v) is 13.0. The Hall–Kier alpha value is -1.87. The van der Waals surface area contributed by atoms with Crippen LogP contribution >= 0.6 is 0 Å². The molecule has 0 saturated heterocycles. The largest absolute Gasteiger partial charge is 0.481 e. The van der Waals surface area contributed by atoms with Crippen molar-refractivity contribution in [3.8, 4) is 5.88 Å². The molecular weight excluding hydrogens is 260 g/mol.